The second-order valence-corrected chi connectivity index (χ2v) is 4.51. The summed E-state index contributed by atoms with van der Waals surface area (Å²) in [4.78, 5) is 15.4. The minimum absolute atomic E-state index is 0.369. The lowest BCUT2D eigenvalue weighted by Crippen LogP contribution is -2.00. The predicted molar refractivity (Wildman–Crippen MR) is 68.5 cm³/mol. The minimum Gasteiger partial charge on any atom is -0.481 e. The van der Waals surface area contributed by atoms with E-state index in [2.05, 4.69) is 9.72 Å². The highest BCUT2D eigenvalue weighted by Crippen LogP contribution is 2.44. The van der Waals surface area contributed by atoms with Crippen LogP contribution in [0.4, 0.5) is 0 Å². The highest BCUT2D eigenvalue weighted by molar-refractivity contribution is 6.32. The number of carbonyl (C=O) groups excluding carboxylic acids is 1. The number of pyridine rings is 1. The molecule has 1 saturated carbocycles. The van der Waals surface area contributed by atoms with Crippen LogP contribution in [0.2, 0.25) is 5.02 Å². The number of aromatic nitrogens is 1. The lowest BCUT2D eigenvalue weighted by atomic mass is 10.0. The Morgan fingerprint density at radius 3 is 2.78 bits per heavy atom. The van der Waals surface area contributed by atoms with Crippen molar-refractivity contribution >= 4 is 23.1 Å². The molecule has 0 amide bonds. The van der Waals surface area contributed by atoms with E-state index in [1.807, 2.05) is 0 Å². The Hall–Kier alpha value is -1.55. The summed E-state index contributed by atoms with van der Waals surface area (Å²) in [7, 11) is 2.90. The summed E-state index contributed by atoms with van der Waals surface area (Å²) in [6, 6.07) is 1.75. The van der Waals surface area contributed by atoms with E-state index in [0.29, 0.717) is 16.8 Å². The van der Waals surface area contributed by atoms with Crippen LogP contribution in [0.5, 0.6) is 5.88 Å². The van der Waals surface area contributed by atoms with Gasteiger partial charge in [0.05, 0.1) is 25.4 Å². The van der Waals surface area contributed by atoms with Gasteiger partial charge in [-0.15, -0.1) is 0 Å². The topological polar surface area (TPSA) is 48.4 Å². The van der Waals surface area contributed by atoms with E-state index in [4.69, 9.17) is 16.3 Å². The number of ether oxygens (including phenoxy) is 2. The number of halogens is 1. The van der Waals surface area contributed by atoms with Crippen molar-refractivity contribution in [3.63, 3.8) is 0 Å². The zero-order valence-electron chi connectivity index (χ0n) is 10.3. The first-order valence-corrected chi connectivity index (χ1v) is 6.03. The van der Waals surface area contributed by atoms with E-state index in [-0.39, 0.29) is 5.97 Å². The Bertz CT molecular complexity index is 495. The van der Waals surface area contributed by atoms with E-state index in [9.17, 15) is 4.79 Å². The van der Waals surface area contributed by atoms with Gasteiger partial charge in [-0.2, -0.15) is 0 Å². The van der Waals surface area contributed by atoms with Crippen LogP contribution in [0.15, 0.2) is 18.3 Å². The van der Waals surface area contributed by atoms with Crippen LogP contribution in [-0.2, 0) is 9.53 Å². The Labute approximate surface area is 111 Å². The van der Waals surface area contributed by atoms with E-state index < -0.39 is 0 Å². The first-order chi connectivity index (χ1) is 8.65. The number of esters is 1. The van der Waals surface area contributed by atoms with E-state index in [0.717, 1.165) is 24.0 Å². The summed E-state index contributed by atoms with van der Waals surface area (Å²) in [5, 5.41) is 0.512. The molecule has 0 atom stereocenters. The number of hydrogen-bond donors (Lipinski definition) is 0. The zero-order chi connectivity index (χ0) is 13.1. The van der Waals surface area contributed by atoms with Crippen molar-refractivity contribution in [3.8, 4) is 5.88 Å². The molecule has 0 aliphatic heterocycles. The molecule has 1 aliphatic carbocycles. The largest absolute Gasteiger partial charge is 0.481 e. The lowest BCUT2D eigenvalue weighted by Gasteiger charge is -2.09. The van der Waals surface area contributed by atoms with E-state index in [1.165, 1.54) is 19.4 Å². The number of methoxy groups -OCH3 is 2. The molecule has 0 bridgehead atoms. The van der Waals surface area contributed by atoms with Crippen molar-refractivity contribution in [1.29, 1.82) is 0 Å². The number of allylic oxidation sites excluding steroid dienone is 1. The maximum atomic E-state index is 11.4. The van der Waals surface area contributed by atoms with Gasteiger partial charge in [-0.05, 0) is 24.3 Å². The van der Waals surface area contributed by atoms with Crippen molar-refractivity contribution in [2.24, 2.45) is 5.92 Å². The lowest BCUT2D eigenvalue weighted by molar-refractivity contribution is -0.134. The number of hydrogen-bond acceptors (Lipinski definition) is 4. The van der Waals surface area contributed by atoms with Crippen molar-refractivity contribution in [3.05, 3.63) is 28.9 Å². The summed E-state index contributed by atoms with van der Waals surface area (Å²) in [5.41, 5.74) is 1.68. The molecule has 0 radical (unpaired) electrons. The standard InChI is InChI=1S/C13H14ClNO3/c1-17-12-5-10(11(14)7-15-12)9(8-3-4-8)6-13(16)18-2/h5-8H,3-4H2,1-2H3/b9-6+. The normalized spacial score (nSPS) is 15.4. The van der Waals surface area contributed by atoms with Gasteiger partial charge < -0.3 is 9.47 Å². The molecule has 4 nitrogen and oxygen atoms in total. The second-order valence-electron chi connectivity index (χ2n) is 4.10. The third-order valence-corrected chi connectivity index (χ3v) is 3.14. The van der Waals surface area contributed by atoms with Crippen LogP contribution in [-0.4, -0.2) is 25.2 Å². The molecular formula is C13H14ClNO3. The summed E-state index contributed by atoms with van der Waals surface area (Å²) in [5.74, 6) is 0.475. The molecule has 0 aromatic carbocycles. The van der Waals surface area contributed by atoms with Crippen LogP contribution >= 0.6 is 11.6 Å². The summed E-state index contributed by atoms with van der Waals surface area (Å²) in [6.45, 7) is 0. The van der Waals surface area contributed by atoms with Crippen molar-refractivity contribution < 1.29 is 14.3 Å². The third-order valence-electron chi connectivity index (χ3n) is 2.84. The fraction of sp³-hybridized carbons (Fsp3) is 0.385. The molecule has 1 aromatic rings. The van der Waals surface area contributed by atoms with E-state index >= 15 is 0 Å². The van der Waals surface area contributed by atoms with Gasteiger partial charge in [-0.25, -0.2) is 9.78 Å². The Balaban J connectivity index is 2.42. The van der Waals surface area contributed by atoms with Gasteiger partial charge in [-0.3, -0.25) is 0 Å². The highest BCUT2D eigenvalue weighted by atomic mass is 35.5. The molecule has 1 heterocycles. The fourth-order valence-corrected chi connectivity index (χ4v) is 1.96. The quantitative estimate of drug-likeness (QED) is 0.622. The van der Waals surface area contributed by atoms with E-state index in [1.54, 1.807) is 13.2 Å². The molecule has 0 N–H and O–H groups in total. The summed E-state index contributed by atoms with van der Waals surface area (Å²) >= 11 is 6.14. The van der Waals surface area contributed by atoms with Crippen molar-refractivity contribution in [2.75, 3.05) is 14.2 Å². The number of nitrogens with zero attached hydrogens (tertiary/aromatic N) is 1. The van der Waals surface area contributed by atoms with Crippen molar-refractivity contribution in [2.45, 2.75) is 12.8 Å². The van der Waals surface area contributed by atoms with Gasteiger partial charge in [0, 0.05) is 17.7 Å². The monoisotopic (exact) mass is 267 g/mol. The zero-order valence-corrected chi connectivity index (χ0v) is 11.0. The van der Waals surface area contributed by atoms with Crippen molar-refractivity contribution in [1.82, 2.24) is 4.98 Å². The highest BCUT2D eigenvalue weighted by Gasteiger charge is 2.29. The smallest absolute Gasteiger partial charge is 0.330 e. The fourth-order valence-electron chi connectivity index (χ4n) is 1.75. The molecule has 0 spiro atoms. The predicted octanol–water partition coefficient (Wildman–Crippen LogP) is 2.71. The van der Waals surface area contributed by atoms with Crippen LogP contribution in [0.3, 0.4) is 0 Å². The van der Waals surface area contributed by atoms with Gasteiger partial charge in [0.15, 0.2) is 0 Å². The van der Waals surface area contributed by atoms with Gasteiger partial charge >= 0.3 is 5.97 Å². The van der Waals surface area contributed by atoms with Crippen LogP contribution in [0.25, 0.3) is 5.57 Å². The summed E-state index contributed by atoms with van der Waals surface area (Å²) in [6.07, 6.45) is 5.15. The number of rotatable bonds is 4. The van der Waals surface area contributed by atoms with Gasteiger partial charge in [0.2, 0.25) is 5.88 Å². The molecule has 0 saturated heterocycles. The second kappa shape index (κ2) is 5.40. The third kappa shape index (κ3) is 2.82. The van der Waals surface area contributed by atoms with Gasteiger partial charge in [0.1, 0.15) is 0 Å². The Morgan fingerprint density at radius 1 is 1.50 bits per heavy atom. The molecule has 18 heavy (non-hydrogen) atoms. The molecule has 96 valence electrons. The molecule has 5 heteroatoms. The molecule has 1 aliphatic rings. The first kappa shape index (κ1) is 12.9. The van der Waals surface area contributed by atoms with Crippen LogP contribution in [0, 0.1) is 5.92 Å². The first-order valence-electron chi connectivity index (χ1n) is 5.65. The molecule has 1 aromatic heterocycles. The number of carbonyl (C=O) groups is 1. The average Bonchev–Trinajstić information content (AvgIpc) is 3.21. The maximum Gasteiger partial charge on any atom is 0.330 e. The maximum absolute atomic E-state index is 11.4. The molecule has 0 unspecified atom stereocenters. The average molecular weight is 268 g/mol. The minimum atomic E-state index is -0.372. The van der Waals surface area contributed by atoms with Gasteiger partial charge in [-0.1, -0.05) is 11.6 Å². The molecular weight excluding hydrogens is 254 g/mol. The summed E-state index contributed by atoms with van der Waals surface area (Å²) < 4.78 is 9.75. The van der Waals surface area contributed by atoms with Crippen LogP contribution in [0.1, 0.15) is 18.4 Å². The van der Waals surface area contributed by atoms with Crippen LogP contribution < -0.4 is 4.74 Å². The Morgan fingerprint density at radius 2 is 2.22 bits per heavy atom. The molecule has 1 fully saturated rings. The Kier molecular flexibility index (Phi) is 3.87. The SMILES string of the molecule is COC(=O)/C=C(/c1cc(OC)ncc1Cl)C1CC1. The van der Waals surface area contributed by atoms with Gasteiger partial charge in [0.25, 0.3) is 0 Å². The molecule has 2 rings (SSSR count).